The first kappa shape index (κ1) is 22.5. The number of carbonyl (C=O) groups is 1. The van der Waals surface area contributed by atoms with Gasteiger partial charge in [0.1, 0.15) is 11.5 Å². The largest absolute Gasteiger partial charge is 0.457 e. The van der Waals surface area contributed by atoms with E-state index < -0.39 is 0 Å². The van der Waals surface area contributed by atoms with Crippen molar-refractivity contribution in [3.63, 3.8) is 0 Å². The van der Waals surface area contributed by atoms with Crippen molar-refractivity contribution >= 4 is 17.3 Å². The molecule has 1 aliphatic heterocycles. The molecule has 0 aliphatic carbocycles. The van der Waals surface area contributed by atoms with Crippen molar-refractivity contribution in [1.82, 2.24) is 15.6 Å². The SMILES string of the molecule is CNc1cc(Oc2ccnc(-c3ccc(C(=O)N[C@@H]4CN[C@H]4C)c(C)c3)c2)ccc1C(C)=N. The molecule has 1 saturated heterocycles. The minimum atomic E-state index is -0.0496. The lowest BCUT2D eigenvalue weighted by molar-refractivity contribution is 0.0905. The Morgan fingerprint density at radius 2 is 1.88 bits per heavy atom. The maximum atomic E-state index is 12.6. The fourth-order valence-corrected chi connectivity index (χ4v) is 3.86. The highest BCUT2D eigenvalue weighted by molar-refractivity contribution is 6.01. The molecule has 1 fully saturated rings. The molecule has 0 spiro atoms. The molecule has 0 radical (unpaired) electrons. The molecular weight excluding hydrogens is 414 g/mol. The summed E-state index contributed by atoms with van der Waals surface area (Å²) < 4.78 is 6.06. The maximum Gasteiger partial charge on any atom is 0.251 e. The van der Waals surface area contributed by atoms with Crippen molar-refractivity contribution in [2.24, 2.45) is 0 Å². The van der Waals surface area contributed by atoms with Gasteiger partial charge < -0.3 is 26.1 Å². The molecule has 0 saturated carbocycles. The third kappa shape index (κ3) is 4.88. The van der Waals surface area contributed by atoms with E-state index >= 15 is 0 Å². The summed E-state index contributed by atoms with van der Waals surface area (Å²) in [7, 11) is 1.83. The molecule has 7 nitrogen and oxygen atoms in total. The quantitative estimate of drug-likeness (QED) is 0.407. The summed E-state index contributed by atoms with van der Waals surface area (Å²) in [5, 5.41) is 17.3. The number of hydrogen-bond donors (Lipinski definition) is 4. The highest BCUT2D eigenvalue weighted by Gasteiger charge is 2.28. The van der Waals surface area contributed by atoms with Crippen molar-refractivity contribution in [3.8, 4) is 22.8 Å². The number of hydrogen-bond acceptors (Lipinski definition) is 6. The predicted molar refractivity (Wildman–Crippen MR) is 132 cm³/mol. The number of carbonyl (C=O) groups excluding carboxylic acids is 1. The van der Waals surface area contributed by atoms with Gasteiger partial charge in [-0.15, -0.1) is 0 Å². The van der Waals surface area contributed by atoms with Crippen LogP contribution in [0.25, 0.3) is 11.3 Å². The van der Waals surface area contributed by atoms with Gasteiger partial charge in [0.25, 0.3) is 5.91 Å². The van der Waals surface area contributed by atoms with Crippen molar-refractivity contribution < 1.29 is 9.53 Å². The summed E-state index contributed by atoms with van der Waals surface area (Å²) in [5.74, 6) is 1.28. The van der Waals surface area contributed by atoms with Crippen LogP contribution in [0.3, 0.4) is 0 Å². The zero-order chi connectivity index (χ0) is 23.5. The van der Waals surface area contributed by atoms with Gasteiger partial charge in [-0.25, -0.2) is 0 Å². The van der Waals surface area contributed by atoms with Gasteiger partial charge >= 0.3 is 0 Å². The van der Waals surface area contributed by atoms with Gasteiger partial charge in [-0.2, -0.15) is 0 Å². The molecule has 0 bridgehead atoms. The van der Waals surface area contributed by atoms with E-state index in [1.807, 2.05) is 56.4 Å². The number of nitrogens with zero attached hydrogens (tertiary/aromatic N) is 1. The Morgan fingerprint density at radius 1 is 1.12 bits per heavy atom. The maximum absolute atomic E-state index is 12.6. The number of aryl methyl sites for hydroxylation is 1. The minimum absolute atomic E-state index is 0.0496. The monoisotopic (exact) mass is 443 g/mol. The average molecular weight is 444 g/mol. The zero-order valence-corrected chi connectivity index (χ0v) is 19.3. The molecule has 3 aromatic rings. The molecule has 2 heterocycles. The smallest absolute Gasteiger partial charge is 0.251 e. The molecule has 33 heavy (non-hydrogen) atoms. The third-order valence-corrected chi connectivity index (χ3v) is 5.98. The second-order valence-corrected chi connectivity index (χ2v) is 8.37. The van der Waals surface area contributed by atoms with Gasteiger partial charge in [0.2, 0.25) is 0 Å². The third-order valence-electron chi connectivity index (χ3n) is 5.98. The Kier molecular flexibility index (Phi) is 6.42. The van der Waals surface area contributed by atoms with E-state index in [1.165, 1.54) is 0 Å². The van der Waals surface area contributed by atoms with E-state index in [1.54, 1.807) is 19.2 Å². The fourth-order valence-electron chi connectivity index (χ4n) is 3.86. The van der Waals surface area contributed by atoms with Crippen LogP contribution in [0.15, 0.2) is 54.7 Å². The van der Waals surface area contributed by atoms with E-state index in [9.17, 15) is 4.79 Å². The topological polar surface area (TPSA) is 99.1 Å². The van der Waals surface area contributed by atoms with Crippen LogP contribution in [-0.2, 0) is 0 Å². The number of pyridine rings is 1. The average Bonchev–Trinajstić information content (AvgIpc) is 2.81. The Balaban J connectivity index is 1.52. The van der Waals surface area contributed by atoms with E-state index in [0.29, 0.717) is 28.8 Å². The lowest BCUT2D eigenvalue weighted by Gasteiger charge is -2.36. The van der Waals surface area contributed by atoms with Crippen LogP contribution in [0.4, 0.5) is 5.69 Å². The van der Waals surface area contributed by atoms with Gasteiger partial charge in [-0.3, -0.25) is 9.78 Å². The number of aromatic nitrogens is 1. The standard InChI is InChI=1S/C26H29N5O2/c1-15-11-18(5-7-21(15)26(32)31-25-14-30-17(25)3)23-12-20(9-10-29-23)33-19-6-8-22(16(2)27)24(13-19)28-4/h5-13,17,25,27-28,30H,14H2,1-4H3,(H,31,32)/t17-,25+/m0/s1. The van der Waals surface area contributed by atoms with Gasteiger partial charge in [0, 0.05) is 66.1 Å². The first-order valence-corrected chi connectivity index (χ1v) is 11.0. The van der Waals surface area contributed by atoms with E-state index in [0.717, 1.165) is 34.6 Å². The van der Waals surface area contributed by atoms with Crippen LogP contribution < -0.4 is 20.7 Å². The number of anilines is 1. The number of ether oxygens (including phenoxy) is 1. The Hall–Kier alpha value is -3.71. The summed E-state index contributed by atoms with van der Waals surface area (Å²) in [6, 6.07) is 15.5. The molecule has 0 unspecified atom stereocenters. The van der Waals surface area contributed by atoms with Crippen molar-refractivity contribution in [1.29, 1.82) is 5.41 Å². The predicted octanol–water partition coefficient (Wildman–Crippen LogP) is 4.37. The number of rotatable bonds is 7. The first-order valence-electron chi connectivity index (χ1n) is 11.0. The molecule has 2 aromatic carbocycles. The van der Waals surface area contributed by atoms with Crippen LogP contribution in [0.5, 0.6) is 11.5 Å². The Morgan fingerprint density at radius 3 is 2.52 bits per heavy atom. The van der Waals surface area contributed by atoms with Crippen molar-refractivity contribution in [3.05, 3.63) is 71.4 Å². The van der Waals surface area contributed by atoms with E-state index in [2.05, 4.69) is 27.9 Å². The first-order chi connectivity index (χ1) is 15.9. The Bertz CT molecular complexity index is 1210. The second-order valence-electron chi connectivity index (χ2n) is 8.37. The van der Waals surface area contributed by atoms with Crippen LogP contribution in [0.1, 0.15) is 35.3 Å². The molecule has 1 aliphatic rings. The van der Waals surface area contributed by atoms with Crippen molar-refractivity contribution in [2.45, 2.75) is 32.9 Å². The lowest BCUT2D eigenvalue weighted by Crippen LogP contribution is -2.63. The normalized spacial score (nSPS) is 17.1. The highest BCUT2D eigenvalue weighted by Crippen LogP contribution is 2.29. The van der Waals surface area contributed by atoms with Gasteiger partial charge in [-0.1, -0.05) is 6.07 Å². The van der Waals surface area contributed by atoms with Crippen LogP contribution >= 0.6 is 0 Å². The van der Waals surface area contributed by atoms with Crippen LogP contribution in [0, 0.1) is 12.3 Å². The Labute approximate surface area is 194 Å². The molecule has 170 valence electrons. The second kappa shape index (κ2) is 9.42. The highest BCUT2D eigenvalue weighted by atomic mass is 16.5. The zero-order valence-electron chi connectivity index (χ0n) is 19.3. The molecule has 4 rings (SSSR count). The molecule has 4 N–H and O–H groups in total. The lowest BCUT2D eigenvalue weighted by atomic mass is 9.99. The number of amides is 1. The molecule has 1 amide bonds. The van der Waals surface area contributed by atoms with Gasteiger partial charge in [-0.05, 0) is 56.7 Å². The summed E-state index contributed by atoms with van der Waals surface area (Å²) in [4.78, 5) is 17.1. The molecule has 1 aromatic heterocycles. The van der Waals surface area contributed by atoms with Crippen LogP contribution in [-0.4, -0.2) is 42.3 Å². The summed E-state index contributed by atoms with van der Waals surface area (Å²) >= 11 is 0. The molecular formula is C26H29N5O2. The summed E-state index contributed by atoms with van der Waals surface area (Å²) in [6.45, 7) is 6.56. The van der Waals surface area contributed by atoms with Gasteiger partial charge in [0.15, 0.2) is 0 Å². The molecule has 2 atom stereocenters. The van der Waals surface area contributed by atoms with E-state index in [-0.39, 0.29) is 11.9 Å². The van der Waals surface area contributed by atoms with Gasteiger partial charge in [0.05, 0.1) is 11.7 Å². The number of nitrogens with one attached hydrogen (secondary N) is 4. The fraction of sp³-hybridized carbons (Fsp3) is 0.269. The number of benzene rings is 2. The van der Waals surface area contributed by atoms with E-state index in [4.69, 9.17) is 10.1 Å². The molecule has 7 heteroatoms. The summed E-state index contributed by atoms with van der Waals surface area (Å²) in [5.41, 5.74) is 5.41. The minimum Gasteiger partial charge on any atom is -0.457 e. The van der Waals surface area contributed by atoms with Crippen molar-refractivity contribution in [2.75, 3.05) is 18.9 Å². The van der Waals surface area contributed by atoms with Crippen LogP contribution in [0.2, 0.25) is 0 Å². The summed E-state index contributed by atoms with van der Waals surface area (Å²) in [6.07, 6.45) is 1.71.